The van der Waals surface area contributed by atoms with E-state index in [-0.39, 0.29) is 17.7 Å². The third-order valence-corrected chi connectivity index (χ3v) is 4.79. The normalized spacial score (nSPS) is 19.5. The first-order valence-electron chi connectivity index (χ1n) is 8.89. The van der Waals surface area contributed by atoms with Crippen LogP contribution in [0.15, 0.2) is 36.7 Å². The van der Waals surface area contributed by atoms with Crippen molar-refractivity contribution < 1.29 is 18.0 Å². The summed E-state index contributed by atoms with van der Waals surface area (Å²) in [6, 6.07) is 6.13. The van der Waals surface area contributed by atoms with E-state index in [2.05, 4.69) is 20.6 Å². The number of pyridine rings is 2. The van der Waals surface area contributed by atoms with Crippen LogP contribution in [0.2, 0.25) is 0 Å². The Morgan fingerprint density at radius 2 is 1.96 bits per heavy atom. The van der Waals surface area contributed by atoms with Gasteiger partial charge in [0.2, 0.25) is 5.91 Å². The molecule has 1 amide bonds. The Hall–Kier alpha value is -2.68. The Kier molecular flexibility index (Phi) is 5.83. The number of rotatable bonds is 5. The summed E-state index contributed by atoms with van der Waals surface area (Å²) in [7, 11) is 3.79. The molecule has 3 rings (SSSR count). The van der Waals surface area contributed by atoms with Crippen LogP contribution in [0.3, 0.4) is 0 Å². The molecule has 0 aromatic carbocycles. The van der Waals surface area contributed by atoms with Crippen molar-refractivity contribution in [2.24, 2.45) is 5.92 Å². The Labute approximate surface area is 161 Å². The third-order valence-electron chi connectivity index (χ3n) is 4.79. The summed E-state index contributed by atoms with van der Waals surface area (Å²) in [5.41, 5.74) is 0.560. The molecule has 150 valence electrons. The predicted molar refractivity (Wildman–Crippen MR) is 98.8 cm³/mol. The predicted octanol–water partition coefficient (Wildman–Crippen LogP) is 2.18. The molecular weight excluding hydrogens is 371 g/mol. The van der Waals surface area contributed by atoms with E-state index in [1.807, 2.05) is 31.1 Å². The van der Waals surface area contributed by atoms with Crippen molar-refractivity contribution in [1.82, 2.24) is 20.6 Å². The molecule has 6 nitrogen and oxygen atoms in total. The lowest BCUT2D eigenvalue weighted by Gasteiger charge is -2.19. The molecule has 28 heavy (non-hydrogen) atoms. The Balaban J connectivity index is 1.62. The van der Waals surface area contributed by atoms with Crippen molar-refractivity contribution in [1.29, 1.82) is 0 Å². The molecule has 9 heteroatoms. The Morgan fingerprint density at radius 3 is 2.54 bits per heavy atom. The highest BCUT2D eigenvalue weighted by molar-refractivity contribution is 5.80. The average molecular weight is 393 g/mol. The van der Waals surface area contributed by atoms with Gasteiger partial charge in [0.25, 0.3) is 0 Å². The Bertz CT molecular complexity index is 806. The lowest BCUT2D eigenvalue weighted by atomic mass is 9.89. The quantitative estimate of drug-likeness (QED) is 0.815. The first-order chi connectivity index (χ1) is 13.3. The second kappa shape index (κ2) is 8.14. The van der Waals surface area contributed by atoms with Crippen molar-refractivity contribution in [3.8, 4) is 0 Å². The summed E-state index contributed by atoms with van der Waals surface area (Å²) in [5.74, 6) is 0.0908. The van der Waals surface area contributed by atoms with Gasteiger partial charge in [-0.3, -0.25) is 9.78 Å². The van der Waals surface area contributed by atoms with Crippen molar-refractivity contribution >= 4 is 11.7 Å². The molecule has 2 aromatic heterocycles. The van der Waals surface area contributed by atoms with Crippen molar-refractivity contribution in [3.05, 3.63) is 53.5 Å². The number of carbonyl (C=O) groups excluding carboxylic acids is 1. The molecule has 0 unspecified atom stereocenters. The van der Waals surface area contributed by atoms with Crippen LogP contribution in [0.5, 0.6) is 0 Å². The van der Waals surface area contributed by atoms with Crippen molar-refractivity contribution in [2.75, 3.05) is 32.1 Å². The van der Waals surface area contributed by atoms with E-state index in [1.165, 1.54) is 12.3 Å². The number of amides is 1. The van der Waals surface area contributed by atoms with Gasteiger partial charge >= 0.3 is 6.18 Å². The molecule has 0 saturated carbocycles. The van der Waals surface area contributed by atoms with E-state index < -0.39 is 11.9 Å². The molecule has 2 aromatic rings. The number of aromatic nitrogens is 2. The molecule has 3 heterocycles. The van der Waals surface area contributed by atoms with Crippen LogP contribution in [-0.4, -0.2) is 43.1 Å². The standard InChI is InChI=1S/C19H22F3N5O/c1-27(2)17-6-3-12(7-25-17)8-26-18(28)15-11-23-10-14(15)13-4-5-16(24-9-13)19(20,21)22/h3-7,9,14-15,23H,8,10-11H2,1-2H3,(H,26,28)/t14-,15+/m1/s1. The molecule has 2 atom stereocenters. The zero-order valence-electron chi connectivity index (χ0n) is 15.6. The van der Waals surface area contributed by atoms with Gasteiger partial charge in [-0.2, -0.15) is 13.2 Å². The smallest absolute Gasteiger partial charge is 0.363 e. The number of halogens is 3. The minimum atomic E-state index is -4.47. The summed E-state index contributed by atoms with van der Waals surface area (Å²) in [4.78, 5) is 22.3. The summed E-state index contributed by atoms with van der Waals surface area (Å²) in [6.07, 6.45) is -1.55. The van der Waals surface area contributed by atoms with E-state index >= 15 is 0 Å². The maximum atomic E-state index is 12.7. The minimum Gasteiger partial charge on any atom is -0.363 e. The fourth-order valence-corrected chi connectivity index (χ4v) is 3.20. The molecule has 0 aliphatic carbocycles. The van der Waals surface area contributed by atoms with Gasteiger partial charge in [-0.1, -0.05) is 12.1 Å². The maximum Gasteiger partial charge on any atom is 0.433 e. The van der Waals surface area contributed by atoms with Crippen molar-refractivity contribution in [3.63, 3.8) is 0 Å². The van der Waals surface area contributed by atoms with Crippen molar-refractivity contribution in [2.45, 2.75) is 18.6 Å². The van der Waals surface area contributed by atoms with Crippen LogP contribution in [0, 0.1) is 5.92 Å². The number of hydrogen-bond acceptors (Lipinski definition) is 5. The van der Waals surface area contributed by atoms with Crippen LogP contribution < -0.4 is 15.5 Å². The molecule has 0 radical (unpaired) electrons. The van der Waals surface area contributed by atoms with Gasteiger partial charge in [0.1, 0.15) is 11.5 Å². The summed E-state index contributed by atoms with van der Waals surface area (Å²) < 4.78 is 38.1. The number of hydrogen-bond donors (Lipinski definition) is 2. The van der Waals surface area contributed by atoms with E-state index in [0.29, 0.717) is 25.2 Å². The lowest BCUT2D eigenvalue weighted by molar-refractivity contribution is -0.141. The van der Waals surface area contributed by atoms with E-state index in [1.54, 1.807) is 6.20 Å². The molecular formula is C19H22F3N5O. The average Bonchev–Trinajstić information content (AvgIpc) is 3.16. The highest BCUT2D eigenvalue weighted by atomic mass is 19.4. The molecule has 1 aliphatic heterocycles. The highest BCUT2D eigenvalue weighted by Gasteiger charge is 2.36. The molecule has 2 N–H and O–H groups in total. The van der Waals surface area contributed by atoms with Crippen LogP contribution >= 0.6 is 0 Å². The third kappa shape index (κ3) is 4.59. The van der Waals surface area contributed by atoms with E-state index in [0.717, 1.165) is 17.4 Å². The number of anilines is 1. The first kappa shape index (κ1) is 20.1. The SMILES string of the molecule is CN(C)c1ccc(CNC(=O)[C@H]2CNC[C@@H]2c2ccc(C(F)(F)F)nc2)cn1. The van der Waals surface area contributed by atoms with E-state index in [4.69, 9.17) is 0 Å². The van der Waals surface area contributed by atoms with Gasteiger partial charge in [0, 0.05) is 52.0 Å². The molecule has 1 fully saturated rings. The summed E-state index contributed by atoms with van der Waals surface area (Å²) in [6.45, 7) is 1.33. The van der Waals surface area contributed by atoms with Crippen LogP contribution in [0.4, 0.5) is 19.0 Å². The van der Waals surface area contributed by atoms with Crippen LogP contribution in [0.25, 0.3) is 0 Å². The second-order valence-electron chi connectivity index (χ2n) is 6.98. The highest BCUT2D eigenvalue weighted by Crippen LogP contribution is 2.31. The zero-order chi connectivity index (χ0) is 20.3. The van der Waals surface area contributed by atoms with Gasteiger partial charge in [-0.25, -0.2) is 4.98 Å². The van der Waals surface area contributed by atoms with Gasteiger partial charge in [-0.15, -0.1) is 0 Å². The lowest BCUT2D eigenvalue weighted by Crippen LogP contribution is -2.34. The van der Waals surface area contributed by atoms with Crippen LogP contribution in [-0.2, 0) is 17.5 Å². The fourth-order valence-electron chi connectivity index (χ4n) is 3.20. The molecule has 1 aliphatic rings. The zero-order valence-corrected chi connectivity index (χ0v) is 15.6. The van der Waals surface area contributed by atoms with Gasteiger partial charge in [-0.05, 0) is 23.3 Å². The molecule has 1 saturated heterocycles. The molecule has 0 spiro atoms. The van der Waals surface area contributed by atoms with Gasteiger partial charge in [0.15, 0.2) is 0 Å². The van der Waals surface area contributed by atoms with E-state index in [9.17, 15) is 18.0 Å². The second-order valence-corrected chi connectivity index (χ2v) is 6.98. The molecule has 0 bridgehead atoms. The first-order valence-corrected chi connectivity index (χ1v) is 8.89. The van der Waals surface area contributed by atoms with Gasteiger partial charge in [0.05, 0.1) is 5.92 Å². The van der Waals surface area contributed by atoms with Crippen LogP contribution in [0.1, 0.15) is 22.7 Å². The maximum absolute atomic E-state index is 12.7. The fraction of sp³-hybridized carbons (Fsp3) is 0.421. The topological polar surface area (TPSA) is 70.2 Å². The number of nitrogens with zero attached hydrogens (tertiary/aromatic N) is 3. The minimum absolute atomic E-state index is 0.147. The number of carbonyl (C=O) groups is 1. The Morgan fingerprint density at radius 1 is 1.18 bits per heavy atom. The number of alkyl halides is 3. The number of nitrogens with one attached hydrogen (secondary N) is 2. The summed E-state index contributed by atoms with van der Waals surface area (Å²) in [5, 5.41) is 6.03. The van der Waals surface area contributed by atoms with Gasteiger partial charge < -0.3 is 15.5 Å². The monoisotopic (exact) mass is 393 g/mol. The largest absolute Gasteiger partial charge is 0.433 e. The summed E-state index contributed by atoms with van der Waals surface area (Å²) >= 11 is 0.